The van der Waals surface area contributed by atoms with Crippen molar-refractivity contribution >= 4 is 16.7 Å². The lowest BCUT2D eigenvalue weighted by atomic mass is 10.1. The molecule has 0 radical (unpaired) electrons. The summed E-state index contributed by atoms with van der Waals surface area (Å²) in [5.74, 6) is 1.84. The number of hydrogen-bond acceptors (Lipinski definition) is 4. The van der Waals surface area contributed by atoms with Crippen molar-refractivity contribution < 1.29 is 19.0 Å². The van der Waals surface area contributed by atoms with Crippen molar-refractivity contribution in [1.29, 1.82) is 0 Å². The average molecular weight is 547 g/mol. The van der Waals surface area contributed by atoms with Gasteiger partial charge in [-0.25, -0.2) is 4.79 Å². The molecule has 0 saturated carbocycles. The Labute approximate surface area is 242 Å². The van der Waals surface area contributed by atoms with Crippen LogP contribution in [0.15, 0.2) is 60.7 Å². The highest BCUT2D eigenvalue weighted by molar-refractivity contribution is 5.90. The molecule has 0 aliphatic heterocycles. The smallest absolute Gasteiger partial charge is 0.338 e. The largest absolute Gasteiger partial charge is 0.494 e. The summed E-state index contributed by atoms with van der Waals surface area (Å²) in [4.78, 5) is 12.2. The molecule has 218 valence electrons. The zero-order chi connectivity index (χ0) is 28.4. The lowest BCUT2D eigenvalue weighted by molar-refractivity contribution is 0.0447. The van der Waals surface area contributed by atoms with E-state index in [-0.39, 0.29) is 5.97 Å². The van der Waals surface area contributed by atoms with Crippen LogP contribution in [0, 0.1) is 5.92 Å². The Bertz CT molecular complexity index is 1120. The molecule has 0 fully saturated rings. The van der Waals surface area contributed by atoms with Crippen LogP contribution in [0.2, 0.25) is 0 Å². The van der Waals surface area contributed by atoms with E-state index in [1.165, 1.54) is 64.2 Å². The average Bonchev–Trinajstić information content (AvgIpc) is 2.99. The highest BCUT2D eigenvalue weighted by Crippen LogP contribution is 2.29. The van der Waals surface area contributed by atoms with Gasteiger partial charge in [-0.2, -0.15) is 0 Å². The Morgan fingerprint density at radius 2 is 1.43 bits per heavy atom. The second kappa shape index (κ2) is 18.4. The van der Waals surface area contributed by atoms with E-state index >= 15 is 0 Å². The number of carbonyl (C=O) groups is 1. The number of benzene rings is 3. The Hall–Kier alpha value is -3.01. The summed E-state index contributed by atoms with van der Waals surface area (Å²) in [5.41, 5.74) is 1.57. The Morgan fingerprint density at radius 3 is 2.10 bits per heavy atom. The molecule has 0 aliphatic rings. The molecule has 3 aromatic rings. The third-order valence-electron chi connectivity index (χ3n) is 7.61. The summed E-state index contributed by atoms with van der Waals surface area (Å²) in [6.07, 6.45) is 15.7. The maximum atomic E-state index is 12.2. The molecule has 40 heavy (non-hydrogen) atoms. The summed E-state index contributed by atoms with van der Waals surface area (Å²) in [6, 6.07) is 19.8. The Morgan fingerprint density at radius 1 is 0.750 bits per heavy atom. The van der Waals surface area contributed by atoms with Gasteiger partial charge in [0, 0.05) is 5.39 Å². The molecule has 1 atom stereocenters. The summed E-state index contributed by atoms with van der Waals surface area (Å²) >= 11 is 0. The van der Waals surface area contributed by atoms with E-state index in [9.17, 15) is 4.79 Å². The van der Waals surface area contributed by atoms with Crippen LogP contribution in [0.25, 0.3) is 10.8 Å². The fourth-order valence-electron chi connectivity index (χ4n) is 4.72. The monoisotopic (exact) mass is 546 g/mol. The van der Waals surface area contributed by atoms with E-state index in [0.29, 0.717) is 24.7 Å². The molecule has 4 heteroatoms. The van der Waals surface area contributed by atoms with Gasteiger partial charge in [0.1, 0.15) is 18.1 Å². The van der Waals surface area contributed by atoms with Gasteiger partial charge >= 0.3 is 5.97 Å². The second-order valence-electron chi connectivity index (χ2n) is 11.1. The molecular formula is C36H50O4. The molecular weight excluding hydrogens is 496 g/mol. The van der Waals surface area contributed by atoms with Gasteiger partial charge in [-0.05, 0) is 59.7 Å². The van der Waals surface area contributed by atoms with Crippen molar-refractivity contribution in [2.24, 2.45) is 5.92 Å². The number of unbranched alkanes of at least 4 members (excludes halogenated alkanes) is 10. The highest BCUT2D eigenvalue weighted by Gasteiger charge is 2.10. The van der Waals surface area contributed by atoms with Crippen LogP contribution >= 0.6 is 0 Å². The number of fused-ring (bicyclic) bond motifs is 1. The summed E-state index contributed by atoms with van der Waals surface area (Å²) in [5, 5.41) is 2.17. The van der Waals surface area contributed by atoms with Gasteiger partial charge in [0.05, 0.1) is 18.8 Å². The number of esters is 1. The van der Waals surface area contributed by atoms with Crippen molar-refractivity contribution in [3.8, 4) is 11.5 Å². The van der Waals surface area contributed by atoms with Crippen LogP contribution in [0.4, 0.5) is 0 Å². The van der Waals surface area contributed by atoms with E-state index in [4.69, 9.17) is 14.2 Å². The zero-order valence-electron chi connectivity index (χ0n) is 25.1. The predicted molar refractivity (Wildman–Crippen MR) is 166 cm³/mol. The maximum absolute atomic E-state index is 12.2. The molecule has 0 aliphatic carbocycles. The van der Waals surface area contributed by atoms with Crippen LogP contribution < -0.4 is 9.47 Å². The summed E-state index contributed by atoms with van der Waals surface area (Å²) < 4.78 is 17.6. The number of rotatable bonds is 20. The van der Waals surface area contributed by atoms with E-state index in [1.807, 2.05) is 30.3 Å². The molecule has 3 aromatic carbocycles. The van der Waals surface area contributed by atoms with Crippen molar-refractivity contribution in [1.82, 2.24) is 0 Å². The van der Waals surface area contributed by atoms with E-state index in [0.717, 1.165) is 47.3 Å². The van der Waals surface area contributed by atoms with Crippen LogP contribution in [0.1, 0.15) is 114 Å². The van der Waals surface area contributed by atoms with E-state index < -0.39 is 0 Å². The second-order valence-corrected chi connectivity index (χ2v) is 11.1. The lowest BCUT2D eigenvalue weighted by Crippen LogP contribution is -2.11. The van der Waals surface area contributed by atoms with Crippen LogP contribution in [0.5, 0.6) is 11.5 Å². The standard InChI is InChI=1S/C36H50O4/c1-4-6-7-8-9-10-11-12-13-14-15-25-38-33-23-24-34-32(26-33)17-16-18-35(34)39-28-30-19-21-31(22-20-30)36(37)40-27-29(3)5-2/h16-24,26,29H,4-15,25,27-28H2,1-3H3/t29-/m1/s1. The van der Waals surface area contributed by atoms with Crippen LogP contribution in [-0.2, 0) is 11.3 Å². The first-order chi connectivity index (χ1) is 19.6. The first kappa shape index (κ1) is 31.5. The Balaban J connectivity index is 1.38. The minimum absolute atomic E-state index is 0.275. The first-order valence-corrected chi connectivity index (χ1v) is 15.6. The number of hydrogen-bond donors (Lipinski definition) is 0. The maximum Gasteiger partial charge on any atom is 0.338 e. The quantitative estimate of drug-likeness (QED) is 0.104. The fourth-order valence-corrected chi connectivity index (χ4v) is 4.72. The van der Waals surface area contributed by atoms with Crippen molar-refractivity contribution in [3.05, 3.63) is 71.8 Å². The number of ether oxygens (including phenoxy) is 3. The molecule has 0 bridgehead atoms. The van der Waals surface area contributed by atoms with Gasteiger partial charge in [0.2, 0.25) is 0 Å². The highest BCUT2D eigenvalue weighted by atomic mass is 16.5. The number of carbonyl (C=O) groups excluding carboxylic acids is 1. The SMILES string of the molecule is CCCCCCCCCCCCCOc1ccc2c(OCc3ccc(C(=O)OC[C@H](C)CC)cc3)cccc2c1. The van der Waals surface area contributed by atoms with Crippen LogP contribution in [0.3, 0.4) is 0 Å². The first-order valence-electron chi connectivity index (χ1n) is 15.6. The van der Waals surface area contributed by atoms with Crippen molar-refractivity contribution in [2.75, 3.05) is 13.2 Å². The lowest BCUT2D eigenvalue weighted by Gasteiger charge is -2.12. The topological polar surface area (TPSA) is 44.8 Å². The van der Waals surface area contributed by atoms with Gasteiger partial charge in [0.25, 0.3) is 0 Å². The molecule has 0 spiro atoms. The third-order valence-corrected chi connectivity index (χ3v) is 7.61. The van der Waals surface area contributed by atoms with Crippen LogP contribution in [-0.4, -0.2) is 19.2 Å². The van der Waals surface area contributed by atoms with Gasteiger partial charge in [-0.3, -0.25) is 0 Å². The van der Waals surface area contributed by atoms with Gasteiger partial charge in [-0.15, -0.1) is 0 Å². The molecule has 0 N–H and O–H groups in total. The molecule has 0 aromatic heterocycles. The Kier molecular flexibility index (Phi) is 14.5. The molecule has 3 rings (SSSR count). The molecule has 0 unspecified atom stereocenters. The minimum Gasteiger partial charge on any atom is -0.494 e. The van der Waals surface area contributed by atoms with Crippen molar-refractivity contribution in [2.45, 2.75) is 104 Å². The van der Waals surface area contributed by atoms with E-state index in [2.05, 4.69) is 39.0 Å². The normalized spacial score (nSPS) is 11.9. The molecule has 4 nitrogen and oxygen atoms in total. The third kappa shape index (κ3) is 11.2. The summed E-state index contributed by atoms with van der Waals surface area (Å²) in [6.45, 7) is 8.09. The molecule has 0 saturated heterocycles. The predicted octanol–water partition coefficient (Wildman–Crippen LogP) is 10.3. The minimum atomic E-state index is -0.275. The zero-order valence-corrected chi connectivity index (χ0v) is 25.1. The van der Waals surface area contributed by atoms with Crippen molar-refractivity contribution in [3.63, 3.8) is 0 Å². The van der Waals surface area contributed by atoms with Gasteiger partial charge in [-0.1, -0.05) is 116 Å². The van der Waals surface area contributed by atoms with Gasteiger partial charge in [0.15, 0.2) is 0 Å². The molecule has 0 heterocycles. The van der Waals surface area contributed by atoms with Gasteiger partial charge < -0.3 is 14.2 Å². The molecule has 0 amide bonds. The fraction of sp³-hybridized carbons (Fsp3) is 0.528. The summed E-state index contributed by atoms with van der Waals surface area (Å²) in [7, 11) is 0. The van der Waals surface area contributed by atoms with E-state index in [1.54, 1.807) is 12.1 Å².